The third-order valence-corrected chi connectivity index (χ3v) is 6.56. The van der Waals surface area contributed by atoms with Crippen LogP contribution in [0, 0.1) is 0 Å². The fourth-order valence-corrected chi connectivity index (χ4v) is 4.78. The number of benzene rings is 2. The van der Waals surface area contributed by atoms with Crippen molar-refractivity contribution in [2.75, 3.05) is 25.0 Å². The summed E-state index contributed by atoms with van der Waals surface area (Å²) in [5, 5.41) is 26.1. The number of carbonyl (C=O) groups is 3. The van der Waals surface area contributed by atoms with Crippen molar-refractivity contribution in [3.8, 4) is 11.1 Å². The zero-order valence-corrected chi connectivity index (χ0v) is 19.0. The minimum Gasteiger partial charge on any atom is -0.479 e. The Bertz CT molecular complexity index is 1290. The molecule has 1 saturated heterocycles. The van der Waals surface area contributed by atoms with Crippen molar-refractivity contribution in [1.29, 1.82) is 0 Å². The van der Waals surface area contributed by atoms with Crippen molar-refractivity contribution in [3.05, 3.63) is 71.4 Å². The van der Waals surface area contributed by atoms with Crippen molar-refractivity contribution in [2.45, 2.75) is 17.9 Å². The first-order valence-electron chi connectivity index (χ1n) is 11.2. The van der Waals surface area contributed by atoms with Crippen LogP contribution in [0.15, 0.2) is 54.7 Å². The molecule has 2 amide bonds. The van der Waals surface area contributed by atoms with Crippen LogP contribution >= 0.6 is 0 Å². The quantitative estimate of drug-likeness (QED) is 0.515. The number of hydrogen-bond acceptors (Lipinski definition) is 6. The summed E-state index contributed by atoms with van der Waals surface area (Å²) >= 11 is 0. The van der Waals surface area contributed by atoms with E-state index in [1.54, 1.807) is 7.05 Å². The summed E-state index contributed by atoms with van der Waals surface area (Å²) in [5.74, 6) is -2.03. The second kappa shape index (κ2) is 8.55. The summed E-state index contributed by atoms with van der Waals surface area (Å²) in [6, 6.07) is 16.0. The SMILES string of the molecule is Cn1cc(C(=O)N2CCC(O)(C(=O)O)C2)c(NC(=O)OCC2c3ccccc3-c3ccccc32)n1. The van der Waals surface area contributed by atoms with Crippen LogP contribution in [0.3, 0.4) is 0 Å². The maximum atomic E-state index is 13.0. The van der Waals surface area contributed by atoms with Crippen LogP contribution in [0.5, 0.6) is 0 Å². The topological polar surface area (TPSA) is 134 Å². The summed E-state index contributed by atoms with van der Waals surface area (Å²) in [6.45, 7) is -0.172. The van der Waals surface area contributed by atoms with Crippen LogP contribution in [0.25, 0.3) is 11.1 Å². The number of nitrogens with one attached hydrogen (secondary N) is 1. The Balaban J connectivity index is 1.28. The van der Waals surface area contributed by atoms with Gasteiger partial charge in [-0.2, -0.15) is 5.10 Å². The van der Waals surface area contributed by atoms with Gasteiger partial charge in [-0.15, -0.1) is 0 Å². The molecule has 0 radical (unpaired) electrons. The molecule has 10 heteroatoms. The van der Waals surface area contributed by atoms with Gasteiger partial charge in [0.2, 0.25) is 0 Å². The highest BCUT2D eigenvalue weighted by Gasteiger charge is 2.45. The zero-order valence-electron chi connectivity index (χ0n) is 19.0. The van der Waals surface area contributed by atoms with Crippen LogP contribution in [0.1, 0.15) is 33.8 Å². The van der Waals surface area contributed by atoms with Gasteiger partial charge in [0.1, 0.15) is 12.2 Å². The number of amides is 2. The fraction of sp³-hybridized carbons (Fsp3) is 0.280. The third kappa shape index (κ3) is 4.01. The molecule has 3 N–H and O–H groups in total. The number of carboxylic acids is 1. The van der Waals surface area contributed by atoms with E-state index in [2.05, 4.69) is 10.4 Å². The Labute approximate surface area is 200 Å². The Morgan fingerprint density at radius 1 is 1.11 bits per heavy atom. The van der Waals surface area contributed by atoms with E-state index in [9.17, 15) is 24.6 Å². The molecule has 0 spiro atoms. The first-order valence-corrected chi connectivity index (χ1v) is 11.2. The van der Waals surface area contributed by atoms with E-state index in [4.69, 9.17) is 4.74 Å². The van der Waals surface area contributed by atoms with Crippen LogP contribution < -0.4 is 5.32 Å². The highest BCUT2D eigenvalue weighted by molar-refractivity contribution is 6.02. The maximum Gasteiger partial charge on any atom is 0.412 e. The summed E-state index contributed by atoms with van der Waals surface area (Å²) in [5.41, 5.74) is 2.47. The molecule has 5 rings (SSSR count). The smallest absolute Gasteiger partial charge is 0.412 e. The molecule has 1 unspecified atom stereocenters. The van der Waals surface area contributed by atoms with E-state index in [1.165, 1.54) is 15.8 Å². The van der Waals surface area contributed by atoms with Crippen LogP contribution in [-0.2, 0) is 16.6 Å². The number of carbonyl (C=O) groups excluding carboxylic acids is 2. The molecule has 35 heavy (non-hydrogen) atoms. The van der Waals surface area contributed by atoms with E-state index in [1.807, 2.05) is 48.5 Å². The molecule has 2 aromatic carbocycles. The summed E-state index contributed by atoms with van der Waals surface area (Å²) in [7, 11) is 1.59. The number of ether oxygens (including phenoxy) is 1. The third-order valence-electron chi connectivity index (χ3n) is 6.56. The number of fused-ring (bicyclic) bond motifs is 3. The number of carboxylic acid groups (broad SMARTS) is 1. The van der Waals surface area contributed by atoms with Gasteiger partial charge in [0.05, 0.1) is 6.54 Å². The summed E-state index contributed by atoms with van der Waals surface area (Å²) in [4.78, 5) is 38.2. The lowest BCUT2D eigenvalue weighted by Gasteiger charge is -2.19. The van der Waals surface area contributed by atoms with E-state index >= 15 is 0 Å². The normalized spacial score (nSPS) is 18.7. The minimum atomic E-state index is -1.99. The van der Waals surface area contributed by atoms with E-state index < -0.39 is 23.6 Å². The number of β-amino-alcohol motifs (C(OH)–C–C–N with tert-alkyl or cyclic N) is 1. The molecule has 180 valence electrons. The van der Waals surface area contributed by atoms with Gasteiger partial charge in [-0.25, -0.2) is 9.59 Å². The molecule has 10 nitrogen and oxygen atoms in total. The molecule has 1 aliphatic heterocycles. The molecular formula is C25H24N4O6. The molecule has 1 fully saturated rings. The fourth-order valence-electron chi connectivity index (χ4n) is 4.78. The summed E-state index contributed by atoms with van der Waals surface area (Å²) in [6.07, 6.45) is 0.589. The van der Waals surface area contributed by atoms with Crippen molar-refractivity contribution in [2.24, 2.45) is 7.05 Å². The Kier molecular flexibility index (Phi) is 5.52. The van der Waals surface area contributed by atoms with Crippen molar-refractivity contribution < 1.29 is 29.3 Å². The van der Waals surface area contributed by atoms with Gasteiger partial charge in [-0.05, 0) is 22.3 Å². The molecule has 1 atom stereocenters. The van der Waals surface area contributed by atoms with Gasteiger partial charge < -0.3 is 19.8 Å². The van der Waals surface area contributed by atoms with Gasteiger partial charge >= 0.3 is 12.1 Å². The predicted octanol–water partition coefficient (Wildman–Crippen LogP) is 2.44. The van der Waals surface area contributed by atoms with E-state index in [0.717, 1.165) is 22.3 Å². The molecule has 0 saturated carbocycles. The minimum absolute atomic E-state index is 0.000451. The molecule has 3 aromatic rings. The van der Waals surface area contributed by atoms with Crippen LogP contribution in [0.4, 0.5) is 10.6 Å². The number of anilines is 1. The zero-order chi connectivity index (χ0) is 24.7. The molecule has 1 aliphatic carbocycles. The molecule has 1 aromatic heterocycles. The maximum absolute atomic E-state index is 13.0. The number of nitrogens with zero attached hydrogens (tertiary/aromatic N) is 3. The lowest BCUT2D eigenvalue weighted by molar-refractivity contribution is -0.156. The number of rotatable bonds is 5. The number of aliphatic carboxylic acids is 1. The van der Waals surface area contributed by atoms with Gasteiger partial charge in [0.15, 0.2) is 11.4 Å². The Hall–Kier alpha value is -4.18. The van der Waals surface area contributed by atoms with Gasteiger partial charge in [-0.1, -0.05) is 48.5 Å². The number of likely N-dealkylation sites (tertiary alicyclic amines) is 1. The van der Waals surface area contributed by atoms with E-state index in [-0.39, 0.29) is 43.4 Å². The first kappa shape index (κ1) is 22.6. The monoisotopic (exact) mass is 476 g/mol. The Morgan fingerprint density at radius 3 is 2.34 bits per heavy atom. The molecule has 0 bridgehead atoms. The number of aromatic nitrogens is 2. The lowest BCUT2D eigenvalue weighted by atomic mass is 9.98. The Morgan fingerprint density at radius 2 is 1.74 bits per heavy atom. The standard InChI is InChI=1S/C25H24N4O6/c1-28-12-19(22(30)29-11-10-25(34,14-29)23(31)32)21(27-28)26-24(33)35-13-20-17-8-4-2-6-15(17)16-7-3-5-9-18(16)20/h2-9,12,20,34H,10-11,13-14H2,1H3,(H,31,32)(H,26,27,33). The average molecular weight is 476 g/mol. The van der Waals surface area contributed by atoms with Gasteiger partial charge in [-0.3, -0.25) is 14.8 Å². The largest absolute Gasteiger partial charge is 0.479 e. The van der Waals surface area contributed by atoms with E-state index in [0.29, 0.717) is 0 Å². The van der Waals surface area contributed by atoms with Gasteiger partial charge in [0, 0.05) is 32.1 Å². The van der Waals surface area contributed by atoms with Crippen molar-refractivity contribution in [1.82, 2.24) is 14.7 Å². The highest BCUT2D eigenvalue weighted by atomic mass is 16.5. The van der Waals surface area contributed by atoms with Crippen molar-refractivity contribution >= 4 is 23.8 Å². The molecule has 2 aliphatic rings. The first-order chi connectivity index (χ1) is 16.8. The number of aryl methyl sites for hydroxylation is 1. The molecular weight excluding hydrogens is 452 g/mol. The second-order valence-electron chi connectivity index (χ2n) is 8.83. The predicted molar refractivity (Wildman–Crippen MR) is 125 cm³/mol. The van der Waals surface area contributed by atoms with Crippen LogP contribution in [0.2, 0.25) is 0 Å². The number of hydrogen-bond donors (Lipinski definition) is 3. The average Bonchev–Trinajstić information content (AvgIpc) is 3.51. The highest BCUT2D eigenvalue weighted by Crippen LogP contribution is 2.44. The lowest BCUT2D eigenvalue weighted by Crippen LogP contribution is -2.42. The molecule has 2 heterocycles. The van der Waals surface area contributed by atoms with Gasteiger partial charge in [0.25, 0.3) is 5.91 Å². The second-order valence-corrected chi connectivity index (χ2v) is 8.83. The number of aliphatic hydroxyl groups is 1. The van der Waals surface area contributed by atoms with Crippen LogP contribution in [-0.4, -0.2) is 68.2 Å². The van der Waals surface area contributed by atoms with Crippen molar-refractivity contribution in [3.63, 3.8) is 0 Å². The summed E-state index contributed by atoms with van der Waals surface area (Å²) < 4.78 is 6.90.